The molecule has 4 heteroatoms. The summed E-state index contributed by atoms with van der Waals surface area (Å²) in [5.41, 5.74) is 0. The third-order valence-electron chi connectivity index (χ3n) is 3.26. The normalized spacial score (nSPS) is 17.5. The van der Waals surface area contributed by atoms with Gasteiger partial charge < -0.3 is 10.1 Å². The van der Waals surface area contributed by atoms with Crippen molar-refractivity contribution >= 4 is 5.97 Å². The molecule has 0 amide bonds. The first kappa shape index (κ1) is 14.5. The van der Waals surface area contributed by atoms with Crippen molar-refractivity contribution in [2.24, 2.45) is 5.92 Å². The molecule has 1 rings (SSSR count). The average molecular weight is 242 g/mol. The molecule has 0 radical (unpaired) electrons. The van der Waals surface area contributed by atoms with Gasteiger partial charge in [-0.2, -0.15) is 0 Å². The predicted molar refractivity (Wildman–Crippen MR) is 68.9 cm³/mol. The summed E-state index contributed by atoms with van der Waals surface area (Å²) in [6.07, 6.45) is 2.68. The summed E-state index contributed by atoms with van der Waals surface area (Å²) < 4.78 is 5.07. The van der Waals surface area contributed by atoms with E-state index in [1.165, 1.54) is 12.8 Å². The summed E-state index contributed by atoms with van der Waals surface area (Å²) in [4.78, 5) is 14.1. The maximum Gasteiger partial charge on any atom is 0.324 e. The second-order valence-electron chi connectivity index (χ2n) is 5.08. The number of hydrogen-bond acceptors (Lipinski definition) is 4. The van der Waals surface area contributed by atoms with Crippen LogP contribution in [0.3, 0.4) is 0 Å². The van der Waals surface area contributed by atoms with Crippen LogP contribution < -0.4 is 5.32 Å². The topological polar surface area (TPSA) is 41.6 Å². The van der Waals surface area contributed by atoms with Crippen molar-refractivity contribution in [3.05, 3.63) is 0 Å². The van der Waals surface area contributed by atoms with Gasteiger partial charge in [0.2, 0.25) is 0 Å². The molecule has 17 heavy (non-hydrogen) atoms. The summed E-state index contributed by atoms with van der Waals surface area (Å²) in [6.45, 7) is 8.50. The molecule has 1 saturated carbocycles. The molecule has 1 fully saturated rings. The Bertz CT molecular complexity index is 240. The van der Waals surface area contributed by atoms with Crippen molar-refractivity contribution < 1.29 is 9.53 Å². The van der Waals surface area contributed by atoms with Crippen LogP contribution in [0, 0.1) is 5.92 Å². The van der Waals surface area contributed by atoms with Gasteiger partial charge >= 0.3 is 5.97 Å². The van der Waals surface area contributed by atoms with E-state index in [9.17, 15) is 4.79 Å². The molecule has 0 aromatic heterocycles. The van der Waals surface area contributed by atoms with E-state index >= 15 is 0 Å². The summed E-state index contributed by atoms with van der Waals surface area (Å²) in [5.74, 6) is 0.702. The van der Waals surface area contributed by atoms with E-state index in [2.05, 4.69) is 24.1 Å². The molecular weight excluding hydrogens is 216 g/mol. The number of carbonyl (C=O) groups excluding carboxylic acids is 1. The first-order valence-corrected chi connectivity index (χ1v) is 6.66. The fourth-order valence-corrected chi connectivity index (χ4v) is 1.89. The SMILES string of the molecule is CCOC(=O)C(CN(CC1CC1)C(C)C)NC. The van der Waals surface area contributed by atoms with Crippen molar-refractivity contribution in [2.75, 3.05) is 26.7 Å². The molecule has 0 aliphatic heterocycles. The zero-order valence-corrected chi connectivity index (χ0v) is 11.5. The highest BCUT2D eigenvalue weighted by atomic mass is 16.5. The number of ether oxygens (including phenoxy) is 1. The minimum absolute atomic E-state index is 0.142. The molecule has 0 aromatic carbocycles. The van der Waals surface area contributed by atoms with Crippen LogP contribution in [0.5, 0.6) is 0 Å². The van der Waals surface area contributed by atoms with Gasteiger partial charge in [-0.05, 0) is 46.6 Å². The molecule has 0 saturated heterocycles. The Kier molecular flexibility index (Phi) is 5.92. The quantitative estimate of drug-likeness (QED) is 0.651. The van der Waals surface area contributed by atoms with Crippen molar-refractivity contribution in [2.45, 2.75) is 45.7 Å². The van der Waals surface area contributed by atoms with Crippen LogP contribution in [0.1, 0.15) is 33.6 Å². The van der Waals surface area contributed by atoms with E-state index in [1.807, 2.05) is 14.0 Å². The lowest BCUT2D eigenvalue weighted by molar-refractivity contribution is -0.146. The Balaban J connectivity index is 2.46. The smallest absolute Gasteiger partial charge is 0.324 e. The van der Waals surface area contributed by atoms with Crippen LogP contribution >= 0.6 is 0 Å². The molecule has 1 aliphatic carbocycles. The molecule has 0 bridgehead atoms. The lowest BCUT2D eigenvalue weighted by atomic mass is 10.2. The van der Waals surface area contributed by atoms with Crippen molar-refractivity contribution in [1.29, 1.82) is 0 Å². The van der Waals surface area contributed by atoms with Gasteiger partial charge in [-0.3, -0.25) is 9.69 Å². The van der Waals surface area contributed by atoms with Crippen molar-refractivity contribution in [3.8, 4) is 0 Å². The standard InChI is InChI=1S/C13H26N2O2/c1-5-17-13(16)12(14-4)9-15(10(2)3)8-11-6-7-11/h10-12,14H,5-9H2,1-4H3. The Morgan fingerprint density at radius 3 is 2.53 bits per heavy atom. The van der Waals surface area contributed by atoms with Crippen LogP contribution in [-0.2, 0) is 9.53 Å². The van der Waals surface area contributed by atoms with Gasteiger partial charge in [-0.15, -0.1) is 0 Å². The largest absolute Gasteiger partial charge is 0.465 e. The van der Waals surface area contributed by atoms with Gasteiger partial charge in [-0.1, -0.05) is 0 Å². The van der Waals surface area contributed by atoms with Crippen LogP contribution in [0.2, 0.25) is 0 Å². The molecule has 100 valence electrons. The monoisotopic (exact) mass is 242 g/mol. The van der Waals surface area contributed by atoms with E-state index in [4.69, 9.17) is 4.74 Å². The molecule has 1 aliphatic rings. The van der Waals surface area contributed by atoms with E-state index in [0.717, 1.165) is 19.0 Å². The number of nitrogens with zero attached hydrogens (tertiary/aromatic N) is 1. The lowest BCUT2D eigenvalue weighted by Gasteiger charge is -2.29. The maximum atomic E-state index is 11.7. The predicted octanol–water partition coefficient (Wildman–Crippen LogP) is 1.26. The maximum absolute atomic E-state index is 11.7. The Labute approximate surface area is 105 Å². The van der Waals surface area contributed by atoms with Gasteiger partial charge in [-0.25, -0.2) is 0 Å². The summed E-state index contributed by atoms with van der Waals surface area (Å²) in [5, 5.41) is 3.05. The average Bonchev–Trinajstić information content (AvgIpc) is 3.07. The minimum atomic E-state index is -0.212. The molecule has 0 spiro atoms. The van der Waals surface area contributed by atoms with E-state index in [0.29, 0.717) is 12.6 Å². The fourth-order valence-electron chi connectivity index (χ4n) is 1.89. The molecule has 0 heterocycles. The summed E-state index contributed by atoms with van der Waals surface area (Å²) >= 11 is 0. The number of carbonyl (C=O) groups is 1. The minimum Gasteiger partial charge on any atom is -0.465 e. The first-order chi connectivity index (χ1) is 8.08. The number of nitrogens with one attached hydrogen (secondary N) is 1. The van der Waals surface area contributed by atoms with Gasteiger partial charge in [0.25, 0.3) is 0 Å². The van der Waals surface area contributed by atoms with E-state index < -0.39 is 0 Å². The van der Waals surface area contributed by atoms with Crippen molar-refractivity contribution in [1.82, 2.24) is 10.2 Å². The highest BCUT2D eigenvalue weighted by Gasteiger charge is 2.28. The zero-order valence-electron chi connectivity index (χ0n) is 11.5. The van der Waals surface area contributed by atoms with Gasteiger partial charge in [0, 0.05) is 19.1 Å². The molecule has 0 aromatic rings. The number of hydrogen-bond donors (Lipinski definition) is 1. The highest BCUT2D eigenvalue weighted by molar-refractivity contribution is 5.76. The Morgan fingerprint density at radius 2 is 2.12 bits per heavy atom. The van der Waals surface area contributed by atoms with E-state index in [1.54, 1.807) is 0 Å². The van der Waals surface area contributed by atoms with Crippen LogP contribution in [0.15, 0.2) is 0 Å². The summed E-state index contributed by atoms with van der Waals surface area (Å²) in [6, 6.07) is 0.261. The second-order valence-corrected chi connectivity index (χ2v) is 5.08. The van der Waals surface area contributed by atoms with Gasteiger partial charge in [0.05, 0.1) is 6.61 Å². The molecule has 1 unspecified atom stereocenters. The van der Waals surface area contributed by atoms with E-state index in [-0.39, 0.29) is 12.0 Å². The highest BCUT2D eigenvalue weighted by Crippen LogP contribution is 2.30. The number of esters is 1. The molecular formula is C13H26N2O2. The third kappa shape index (κ3) is 5.04. The van der Waals surface area contributed by atoms with Gasteiger partial charge in [0.1, 0.15) is 6.04 Å². The Morgan fingerprint density at radius 1 is 1.47 bits per heavy atom. The van der Waals surface area contributed by atoms with Crippen LogP contribution in [0.4, 0.5) is 0 Å². The fraction of sp³-hybridized carbons (Fsp3) is 0.923. The first-order valence-electron chi connectivity index (χ1n) is 6.66. The van der Waals surface area contributed by atoms with Crippen LogP contribution in [-0.4, -0.2) is 49.7 Å². The summed E-state index contributed by atoms with van der Waals surface area (Å²) in [7, 11) is 1.82. The molecule has 4 nitrogen and oxygen atoms in total. The number of likely N-dealkylation sites (N-methyl/N-ethyl adjacent to an activating group) is 1. The second kappa shape index (κ2) is 6.97. The molecule has 1 atom stereocenters. The Hall–Kier alpha value is -0.610. The number of rotatable bonds is 8. The van der Waals surface area contributed by atoms with Gasteiger partial charge in [0.15, 0.2) is 0 Å². The van der Waals surface area contributed by atoms with Crippen LogP contribution in [0.25, 0.3) is 0 Å². The third-order valence-corrected chi connectivity index (χ3v) is 3.26. The van der Waals surface area contributed by atoms with Crippen molar-refractivity contribution in [3.63, 3.8) is 0 Å². The molecule has 1 N–H and O–H groups in total. The zero-order chi connectivity index (χ0) is 12.8. The lowest BCUT2D eigenvalue weighted by Crippen LogP contribution is -2.48.